The highest BCUT2D eigenvalue weighted by Gasteiger charge is 2.10. The van der Waals surface area contributed by atoms with Gasteiger partial charge in [0.15, 0.2) is 10.8 Å². The minimum atomic E-state index is -0.291. The van der Waals surface area contributed by atoms with Gasteiger partial charge in [-0.05, 0) is 13.8 Å². The van der Waals surface area contributed by atoms with Crippen molar-refractivity contribution in [3.05, 3.63) is 21.7 Å². The summed E-state index contributed by atoms with van der Waals surface area (Å²) in [4.78, 5) is 18.6. The maximum atomic E-state index is 11.7. The van der Waals surface area contributed by atoms with E-state index in [4.69, 9.17) is 6.42 Å². The molecule has 0 fully saturated rings. The summed E-state index contributed by atoms with van der Waals surface area (Å²) in [5.41, 5.74) is 2.01. The van der Waals surface area contributed by atoms with Crippen LogP contribution in [0.5, 0.6) is 0 Å². The molecule has 0 saturated heterocycles. The summed E-state index contributed by atoms with van der Waals surface area (Å²) in [6, 6.07) is 0. The highest BCUT2D eigenvalue weighted by molar-refractivity contribution is 7.99. The molecular weight excluding hydrogens is 224 g/mol. The van der Waals surface area contributed by atoms with Crippen molar-refractivity contribution in [2.45, 2.75) is 19.0 Å². The van der Waals surface area contributed by atoms with Crippen LogP contribution in [0.1, 0.15) is 11.3 Å². The molecule has 0 aliphatic carbocycles. The number of hydrogen-bond acceptors (Lipinski definition) is 4. The van der Waals surface area contributed by atoms with Crippen molar-refractivity contribution in [2.24, 2.45) is 0 Å². The molecule has 0 amide bonds. The van der Waals surface area contributed by atoms with Gasteiger partial charge in [-0.2, -0.15) is 9.61 Å². The number of terminal acetylenes is 1. The molecule has 2 aromatic rings. The van der Waals surface area contributed by atoms with E-state index >= 15 is 0 Å². The lowest BCUT2D eigenvalue weighted by Gasteiger charge is -1.98. The van der Waals surface area contributed by atoms with Crippen LogP contribution in [0.25, 0.3) is 5.65 Å². The Morgan fingerprint density at radius 3 is 3.00 bits per heavy atom. The molecule has 2 aromatic heterocycles. The Morgan fingerprint density at radius 1 is 1.56 bits per heavy atom. The molecule has 0 radical (unpaired) electrons. The number of thioether (sulfide) groups is 1. The van der Waals surface area contributed by atoms with Crippen LogP contribution in [0.3, 0.4) is 0 Å². The van der Waals surface area contributed by atoms with Crippen LogP contribution in [0, 0.1) is 26.2 Å². The minimum Gasteiger partial charge on any atom is -0.285 e. The largest absolute Gasteiger partial charge is 0.350 e. The summed E-state index contributed by atoms with van der Waals surface area (Å²) < 4.78 is 1.27. The molecule has 5 nitrogen and oxygen atoms in total. The zero-order chi connectivity index (χ0) is 11.7. The topological polar surface area (TPSA) is 63.1 Å². The van der Waals surface area contributed by atoms with E-state index in [1.807, 2.05) is 13.8 Å². The van der Waals surface area contributed by atoms with Gasteiger partial charge in [-0.15, -0.1) is 6.42 Å². The number of aryl methyl sites for hydroxylation is 2. The van der Waals surface area contributed by atoms with E-state index in [1.165, 1.54) is 16.3 Å². The third-order valence-electron chi connectivity index (χ3n) is 2.23. The van der Waals surface area contributed by atoms with E-state index in [0.29, 0.717) is 16.6 Å². The Balaban J connectivity index is 2.62. The summed E-state index contributed by atoms with van der Waals surface area (Å²) in [5, 5.41) is 4.62. The van der Waals surface area contributed by atoms with Crippen molar-refractivity contribution >= 4 is 17.4 Å². The average Bonchev–Trinajstić information content (AvgIpc) is 2.54. The van der Waals surface area contributed by atoms with Crippen LogP contribution in [0.2, 0.25) is 0 Å². The molecule has 0 saturated carbocycles. The highest BCUT2D eigenvalue weighted by atomic mass is 32.2. The van der Waals surface area contributed by atoms with E-state index in [-0.39, 0.29) is 5.69 Å². The number of fused-ring (bicyclic) bond motifs is 1. The smallest absolute Gasteiger partial charge is 0.285 e. The van der Waals surface area contributed by atoms with Crippen LogP contribution in [-0.2, 0) is 0 Å². The van der Waals surface area contributed by atoms with Crippen molar-refractivity contribution in [3.63, 3.8) is 0 Å². The number of H-pyrrole nitrogens is 1. The van der Waals surface area contributed by atoms with Gasteiger partial charge in [0.25, 0.3) is 0 Å². The molecule has 16 heavy (non-hydrogen) atoms. The normalized spacial score (nSPS) is 10.6. The van der Waals surface area contributed by atoms with Gasteiger partial charge in [0, 0.05) is 5.56 Å². The summed E-state index contributed by atoms with van der Waals surface area (Å²) in [6.07, 6.45) is 5.15. The van der Waals surface area contributed by atoms with E-state index < -0.39 is 0 Å². The Labute approximate surface area is 96.3 Å². The van der Waals surface area contributed by atoms with E-state index in [1.54, 1.807) is 0 Å². The molecule has 0 spiro atoms. The maximum Gasteiger partial charge on any atom is 0.350 e. The van der Waals surface area contributed by atoms with Crippen LogP contribution >= 0.6 is 11.8 Å². The molecule has 0 atom stereocenters. The predicted octanol–water partition coefficient (Wildman–Crippen LogP) is 0.760. The number of nitrogens with zero attached hydrogens (tertiary/aromatic N) is 3. The predicted molar refractivity (Wildman–Crippen MR) is 62.6 cm³/mol. The first kappa shape index (κ1) is 10.8. The first-order valence-electron chi connectivity index (χ1n) is 4.66. The molecule has 0 unspecified atom stereocenters. The van der Waals surface area contributed by atoms with E-state index in [9.17, 15) is 4.79 Å². The summed E-state index contributed by atoms with van der Waals surface area (Å²) in [6.45, 7) is 3.73. The van der Waals surface area contributed by atoms with Gasteiger partial charge in [0.05, 0.1) is 11.4 Å². The van der Waals surface area contributed by atoms with Gasteiger partial charge in [-0.25, -0.2) is 9.78 Å². The summed E-state index contributed by atoms with van der Waals surface area (Å²) in [5.74, 6) is 2.96. The number of rotatable bonds is 2. The fraction of sp³-hybridized carbons (Fsp3) is 0.300. The molecule has 0 bridgehead atoms. The fourth-order valence-electron chi connectivity index (χ4n) is 1.31. The lowest BCUT2D eigenvalue weighted by atomic mass is 10.3. The molecular formula is C10H10N4OS. The Morgan fingerprint density at radius 2 is 2.31 bits per heavy atom. The maximum absolute atomic E-state index is 11.7. The van der Waals surface area contributed by atoms with Gasteiger partial charge < -0.3 is 0 Å². The first-order valence-corrected chi connectivity index (χ1v) is 5.64. The van der Waals surface area contributed by atoms with Gasteiger partial charge in [0.1, 0.15) is 0 Å². The molecule has 1 N–H and O–H groups in total. The van der Waals surface area contributed by atoms with Crippen molar-refractivity contribution < 1.29 is 0 Å². The number of aromatic nitrogens is 4. The second-order valence-electron chi connectivity index (χ2n) is 3.29. The summed E-state index contributed by atoms with van der Waals surface area (Å²) in [7, 11) is 0. The van der Waals surface area contributed by atoms with E-state index in [0.717, 1.165) is 11.3 Å². The Kier molecular flexibility index (Phi) is 2.71. The molecule has 6 heteroatoms. The average molecular weight is 234 g/mol. The van der Waals surface area contributed by atoms with Gasteiger partial charge in [0.2, 0.25) is 0 Å². The Hall–Kier alpha value is -1.74. The van der Waals surface area contributed by atoms with Crippen LogP contribution in [-0.4, -0.2) is 25.3 Å². The zero-order valence-electron chi connectivity index (χ0n) is 8.94. The third-order valence-corrected chi connectivity index (χ3v) is 3.01. The molecule has 0 aromatic carbocycles. The quantitative estimate of drug-likeness (QED) is 0.615. The highest BCUT2D eigenvalue weighted by Crippen LogP contribution is 2.14. The van der Waals surface area contributed by atoms with Crippen molar-refractivity contribution in [1.82, 2.24) is 19.6 Å². The van der Waals surface area contributed by atoms with Crippen molar-refractivity contribution in [1.29, 1.82) is 0 Å². The van der Waals surface area contributed by atoms with Crippen LogP contribution in [0.15, 0.2) is 9.95 Å². The van der Waals surface area contributed by atoms with Gasteiger partial charge in [-0.1, -0.05) is 17.7 Å². The zero-order valence-corrected chi connectivity index (χ0v) is 9.76. The minimum absolute atomic E-state index is 0.291. The number of hydrogen-bond donors (Lipinski definition) is 1. The second kappa shape index (κ2) is 4.02. The monoisotopic (exact) mass is 234 g/mol. The Bertz CT molecular complexity index is 635. The van der Waals surface area contributed by atoms with Gasteiger partial charge >= 0.3 is 5.69 Å². The molecule has 82 valence electrons. The van der Waals surface area contributed by atoms with E-state index in [2.05, 4.69) is 21.0 Å². The van der Waals surface area contributed by atoms with Gasteiger partial charge in [-0.3, -0.25) is 4.98 Å². The summed E-state index contributed by atoms with van der Waals surface area (Å²) >= 11 is 1.32. The lowest BCUT2D eigenvalue weighted by molar-refractivity contribution is 0.780. The lowest BCUT2D eigenvalue weighted by Crippen LogP contribution is -2.19. The fourth-order valence-corrected chi connectivity index (χ4v) is 1.84. The van der Waals surface area contributed by atoms with Crippen molar-refractivity contribution in [3.8, 4) is 12.3 Å². The molecule has 0 aliphatic heterocycles. The molecule has 2 heterocycles. The number of aromatic amines is 1. The third kappa shape index (κ3) is 1.70. The first-order chi connectivity index (χ1) is 7.63. The van der Waals surface area contributed by atoms with Crippen molar-refractivity contribution in [2.75, 3.05) is 5.75 Å². The number of nitrogens with one attached hydrogen (secondary N) is 1. The van der Waals surface area contributed by atoms with Crippen LogP contribution < -0.4 is 5.69 Å². The molecule has 2 rings (SSSR count). The second-order valence-corrected chi connectivity index (χ2v) is 4.25. The standard InChI is InChI=1S/C10H10N4OS/c1-4-5-16-9-11-8-6(2)7(3)13-14(8)10(15)12-9/h1H,5H2,2-3H3,(H,11,12,15). The molecule has 0 aliphatic rings. The SMILES string of the molecule is C#CCSc1nc2c(C)c(C)nn2c(=O)[nH]1. The van der Waals surface area contributed by atoms with Crippen LogP contribution in [0.4, 0.5) is 0 Å².